The van der Waals surface area contributed by atoms with Crippen LogP contribution in [-0.2, 0) is 9.47 Å². The van der Waals surface area contributed by atoms with Crippen LogP contribution in [0.2, 0.25) is 0 Å². The van der Waals surface area contributed by atoms with Gasteiger partial charge in [0.1, 0.15) is 11.5 Å². The van der Waals surface area contributed by atoms with E-state index >= 15 is 0 Å². The molecule has 1 fully saturated rings. The van der Waals surface area contributed by atoms with Crippen LogP contribution in [0.5, 0.6) is 11.5 Å². The maximum absolute atomic E-state index is 5.66. The highest BCUT2D eigenvalue weighted by molar-refractivity contribution is 5.36. The van der Waals surface area contributed by atoms with E-state index < -0.39 is 0 Å². The first-order chi connectivity index (χ1) is 13.8. The third kappa shape index (κ3) is 5.69. The number of ether oxygens (including phenoxy) is 4. The van der Waals surface area contributed by atoms with Gasteiger partial charge in [-0.25, -0.2) is 0 Å². The van der Waals surface area contributed by atoms with Gasteiger partial charge in [0.25, 0.3) is 0 Å². The van der Waals surface area contributed by atoms with Crippen LogP contribution in [0.15, 0.2) is 48.5 Å². The fourth-order valence-corrected chi connectivity index (χ4v) is 3.42. The highest BCUT2D eigenvalue weighted by Crippen LogP contribution is 2.32. The second-order valence-corrected chi connectivity index (χ2v) is 6.64. The summed E-state index contributed by atoms with van der Waals surface area (Å²) in [6.45, 7) is 3.98. The molecule has 0 aromatic heterocycles. The van der Waals surface area contributed by atoms with E-state index in [0.717, 1.165) is 35.7 Å². The molecule has 2 aromatic carbocycles. The molecule has 0 aliphatic carbocycles. The van der Waals surface area contributed by atoms with Crippen LogP contribution in [0.3, 0.4) is 0 Å². The molecule has 0 saturated carbocycles. The standard InChI is InChI=1S/C22H30N2O4/c1-25-19-7-3-5-17(15-19)21-22(18-6-4-8-20(16-18)26-2)24-10-12-28-14-13-27-11-9-23-21/h3-8,15-16,21-24H,9-14H2,1-2H3/t21-,22+. The molecule has 28 heavy (non-hydrogen) atoms. The minimum Gasteiger partial charge on any atom is -0.497 e. The zero-order valence-corrected chi connectivity index (χ0v) is 16.6. The molecule has 0 spiro atoms. The van der Waals surface area contributed by atoms with E-state index in [9.17, 15) is 0 Å². The molecule has 152 valence electrons. The average molecular weight is 386 g/mol. The molecular weight excluding hydrogens is 356 g/mol. The molecule has 0 amide bonds. The zero-order chi connectivity index (χ0) is 19.6. The van der Waals surface area contributed by atoms with Gasteiger partial charge in [0.15, 0.2) is 0 Å². The summed E-state index contributed by atoms with van der Waals surface area (Å²) in [5, 5.41) is 7.33. The highest BCUT2D eigenvalue weighted by Gasteiger charge is 2.25. The van der Waals surface area contributed by atoms with Crippen molar-refractivity contribution in [3.05, 3.63) is 59.7 Å². The molecule has 1 heterocycles. The third-order valence-corrected chi connectivity index (χ3v) is 4.83. The largest absolute Gasteiger partial charge is 0.497 e. The minimum absolute atomic E-state index is 0.0326. The number of nitrogens with one attached hydrogen (secondary N) is 2. The van der Waals surface area contributed by atoms with Gasteiger partial charge in [-0.15, -0.1) is 0 Å². The molecule has 2 aromatic rings. The van der Waals surface area contributed by atoms with Crippen molar-refractivity contribution in [3.63, 3.8) is 0 Å². The lowest BCUT2D eigenvalue weighted by molar-refractivity contribution is 0.0447. The fraction of sp³-hybridized carbons (Fsp3) is 0.455. The molecule has 0 radical (unpaired) electrons. The molecular formula is C22H30N2O4. The lowest BCUT2D eigenvalue weighted by Crippen LogP contribution is -2.38. The lowest BCUT2D eigenvalue weighted by atomic mass is 9.92. The molecule has 6 nitrogen and oxygen atoms in total. The zero-order valence-electron chi connectivity index (χ0n) is 16.6. The maximum atomic E-state index is 5.66. The van der Waals surface area contributed by atoms with Crippen molar-refractivity contribution in [2.75, 3.05) is 53.7 Å². The molecule has 1 saturated heterocycles. The Morgan fingerprint density at radius 3 is 1.61 bits per heavy atom. The number of benzene rings is 2. The van der Waals surface area contributed by atoms with Crippen LogP contribution < -0.4 is 20.1 Å². The van der Waals surface area contributed by atoms with Crippen LogP contribution in [0, 0.1) is 0 Å². The van der Waals surface area contributed by atoms with Crippen LogP contribution in [0.4, 0.5) is 0 Å². The van der Waals surface area contributed by atoms with Gasteiger partial charge in [-0.2, -0.15) is 0 Å². The van der Waals surface area contributed by atoms with E-state index in [-0.39, 0.29) is 12.1 Å². The number of hydrogen-bond donors (Lipinski definition) is 2. The summed E-state index contributed by atoms with van der Waals surface area (Å²) in [5.41, 5.74) is 2.30. The van der Waals surface area contributed by atoms with E-state index in [2.05, 4.69) is 34.9 Å². The van der Waals surface area contributed by atoms with Gasteiger partial charge in [0.2, 0.25) is 0 Å². The minimum atomic E-state index is 0.0326. The Hall–Kier alpha value is -2.12. The second kappa shape index (κ2) is 11.0. The third-order valence-electron chi connectivity index (χ3n) is 4.83. The molecule has 1 aliphatic rings. The molecule has 0 bridgehead atoms. The quantitative estimate of drug-likeness (QED) is 0.843. The molecule has 6 heteroatoms. The second-order valence-electron chi connectivity index (χ2n) is 6.64. The monoisotopic (exact) mass is 386 g/mol. The number of hydrogen-bond acceptors (Lipinski definition) is 6. The van der Waals surface area contributed by atoms with Gasteiger partial charge < -0.3 is 29.6 Å². The van der Waals surface area contributed by atoms with Crippen LogP contribution >= 0.6 is 0 Å². The van der Waals surface area contributed by atoms with E-state index in [1.54, 1.807) is 14.2 Å². The Morgan fingerprint density at radius 2 is 1.18 bits per heavy atom. The first kappa shape index (κ1) is 20.6. The predicted octanol–water partition coefficient (Wildman–Crippen LogP) is 2.71. The summed E-state index contributed by atoms with van der Waals surface area (Å²) in [6.07, 6.45) is 0. The summed E-state index contributed by atoms with van der Waals surface area (Å²) < 4.78 is 22.2. The lowest BCUT2D eigenvalue weighted by Gasteiger charge is -2.31. The highest BCUT2D eigenvalue weighted by atomic mass is 16.5. The molecule has 2 N–H and O–H groups in total. The first-order valence-electron chi connectivity index (χ1n) is 9.72. The molecule has 0 unspecified atom stereocenters. The fourth-order valence-electron chi connectivity index (χ4n) is 3.42. The van der Waals surface area contributed by atoms with Crippen molar-refractivity contribution in [2.24, 2.45) is 0 Å². The van der Waals surface area contributed by atoms with Gasteiger partial charge in [0, 0.05) is 13.1 Å². The normalized spacial score (nSPS) is 21.9. The van der Waals surface area contributed by atoms with Gasteiger partial charge in [0.05, 0.1) is 52.7 Å². The van der Waals surface area contributed by atoms with Crippen molar-refractivity contribution >= 4 is 0 Å². The van der Waals surface area contributed by atoms with Crippen LogP contribution in [-0.4, -0.2) is 53.7 Å². The van der Waals surface area contributed by atoms with Crippen molar-refractivity contribution < 1.29 is 18.9 Å². The van der Waals surface area contributed by atoms with E-state index in [4.69, 9.17) is 18.9 Å². The van der Waals surface area contributed by atoms with Gasteiger partial charge >= 0.3 is 0 Å². The van der Waals surface area contributed by atoms with Crippen molar-refractivity contribution in [1.82, 2.24) is 10.6 Å². The molecule has 1 aliphatic heterocycles. The van der Waals surface area contributed by atoms with Gasteiger partial charge in [-0.1, -0.05) is 24.3 Å². The van der Waals surface area contributed by atoms with Crippen LogP contribution in [0.1, 0.15) is 23.2 Å². The van der Waals surface area contributed by atoms with Crippen molar-refractivity contribution in [2.45, 2.75) is 12.1 Å². The molecule has 2 atom stereocenters. The summed E-state index contributed by atoms with van der Waals surface area (Å²) in [4.78, 5) is 0. The number of rotatable bonds is 4. The summed E-state index contributed by atoms with van der Waals surface area (Å²) in [5.74, 6) is 1.68. The summed E-state index contributed by atoms with van der Waals surface area (Å²) in [6, 6.07) is 16.4. The topological polar surface area (TPSA) is 61.0 Å². The van der Waals surface area contributed by atoms with Gasteiger partial charge in [-0.05, 0) is 35.4 Å². The van der Waals surface area contributed by atoms with Crippen molar-refractivity contribution in [3.8, 4) is 11.5 Å². The SMILES string of the molecule is COc1cccc([C@H]2NCCOCCOCCN[C@H]2c2cccc(OC)c2)c1. The first-order valence-corrected chi connectivity index (χ1v) is 9.72. The smallest absolute Gasteiger partial charge is 0.119 e. The van der Waals surface area contributed by atoms with Crippen LogP contribution in [0.25, 0.3) is 0 Å². The Kier molecular flexibility index (Phi) is 8.11. The van der Waals surface area contributed by atoms with E-state index in [1.807, 2.05) is 24.3 Å². The Balaban J connectivity index is 1.94. The summed E-state index contributed by atoms with van der Waals surface area (Å²) in [7, 11) is 3.38. The maximum Gasteiger partial charge on any atom is 0.119 e. The van der Waals surface area contributed by atoms with E-state index in [0.29, 0.717) is 26.4 Å². The Labute approximate surface area is 167 Å². The number of methoxy groups -OCH3 is 2. The molecule has 3 rings (SSSR count). The Morgan fingerprint density at radius 1 is 0.714 bits per heavy atom. The van der Waals surface area contributed by atoms with Gasteiger partial charge in [-0.3, -0.25) is 0 Å². The average Bonchev–Trinajstić information content (AvgIpc) is 2.74. The summed E-state index contributed by atoms with van der Waals surface area (Å²) >= 11 is 0. The van der Waals surface area contributed by atoms with E-state index in [1.165, 1.54) is 0 Å². The van der Waals surface area contributed by atoms with Crippen molar-refractivity contribution in [1.29, 1.82) is 0 Å². The Bertz CT molecular complexity index is 664. The predicted molar refractivity (Wildman–Crippen MR) is 109 cm³/mol.